The second-order valence-corrected chi connectivity index (χ2v) is 4.11. The number of carbonyl (C=O) groups is 2. The van der Waals surface area contributed by atoms with Crippen molar-refractivity contribution in [3.63, 3.8) is 0 Å². The van der Waals surface area contributed by atoms with Crippen molar-refractivity contribution < 1.29 is 19.1 Å². The molecule has 100 valence electrons. The fourth-order valence-electron chi connectivity index (χ4n) is 1.48. The monoisotopic (exact) mass is 244 g/mol. The highest BCUT2D eigenvalue weighted by molar-refractivity contribution is 5.72. The van der Waals surface area contributed by atoms with Gasteiger partial charge in [-0.15, -0.1) is 0 Å². The number of esters is 2. The molecule has 0 bridgehead atoms. The number of hydrogen-bond acceptors (Lipinski definition) is 4. The maximum Gasteiger partial charge on any atom is 0.309 e. The first-order valence-corrected chi connectivity index (χ1v) is 6.40. The highest BCUT2D eigenvalue weighted by Gasteiger charge is 2.16. The van der Waals surface area contributed by atoms with Crippen molar-refractivity contribution in [1.82, 2.24) is 0 Å². The van der Waals surface area contributed by atoms with Gasteiger partial charge in [-0.1, -0.05) is 33.1 Å². The van der Waals surface area contributed by atoms with Crippen LogP contribution in [0.15, 0.2) is 0 Å². The van der Waals surface area contributed by atoms with Crippen molar-refractivity contribution in [3.05, 3.63) is 0 Å². The van der Waals surface area contributed by atoms with Gasteiger partial charge >= 0.3 is 11.9 Å². The van der Waals surface area contributed by atoms with E-state index < -0.39 is 0 Å². The van der Waals surface area contributed by atoms with E-state index in [9.17, 15) is 9.59 Å². The Morgan fingerprint density at radius 2 is 1.76 bits per heavy atom. The van der Waals surface area contributed by atoms with E-state index in [-0.39, 0.29) is 24.5 Å². The van der Waals surface area contributed by atoms with Crippen LogP contribution in [0.3, 0.4) is 0 Å². The lowest BCUT2D eigenvalue weighted by Gasteiger charge is -2.14. The molecule has 0 aromatic heterocycles. The van der Waals surface area contributed by atoms with E-state index in [1.807, 2.05) is 6.92 Å². The molecule has 0 radical (unpaired) electrons. The standard InChI is InChI=1S/C13H24O4/c1-4-6-7-8-9-12(14)17-11(5-2)10-13(15)16-3/h11H,4-10H2,1-3H3. The van der Waals surface area contributed by atoms with Crippen molar-refractivity contribution in [1.29, 1.82) is 0 Å². The number of unbranched alkanes of at least 4 members (excludes halogenated alkanes) is 3. The van der Waals surface area contributed by atoms with E-state index in [0.717, 1.165) is 25.7 Å². The minimum absolute atomic E-state index is 0.147. The van der Waals surface area contributed by atoms with Gasteiger partial charge in [-0.2, -0.15) is 0 Å². The minimum Gasteiger partial charge on any atom is -0.469 e. The van der Waals surface area contributed by atoms with Crippen LogP contribution in [0.1, 0.15) is 58.8 Å². The van der Waals surface area contributed by atoms with Crippen LogP contribution >= 0.6 is 0 Å². The van der Waals surface area contributed by atoms with Crippen molar-refractivity contribution in [2.75, 3.05) is 7.11 Å². The molecule has 17 heavy (non-hydrogen) atoms. The minimum atomic E-state index is -0.346. The molecule has 0 saturated carbocycles. The Morgan fingerprint density at radius 1 is 1.06 bits per heavy atom. The van der Waals surface area contributed by atoms with Crippen LogP contribution < -0.4 is 0 Å². The normalized spacial score (nSPS) is 11.9. The molecule has 0 aliphatic heterocycles. The lowest BCUT2D eigenvalue weighted by Crippen LogP contribution is -2.21. The van der Waals surface area contributed by atoms with E-state index in [1.54, 1.807) is 0 Å². The molecular weight excluding hydrogens is 220 g/mol. The summed E-state index contributed by atoms with van der Waals surface area (Å²) in [6, 6.07) is 0. The van der Waals surface area contributed by atoms with Gasteiger partial charge in [0, 0.05) is 6.42 Å². The topological polar surface area (TPSA) is 52.6 Å². The molecule has 0 fully saturated rings. The second-order valence-electron chi connectivity index (χ2n) is 4.11. The van der Waals surface area contributed by atoms with Gasteiger partial charge in [-0.3, -0.25) is 9.59 Å². The van der Waals surface area contributed by atoms with Gasteiger partial charge in [-0.25, -0.2) is 0 Å². The fourth-order valence-corrected chi connectivity index (χ4v) is 1.48. The van der Waals surface area contributed by atoms with Crippen LogP contribution in [0, 0.1) is 0 Å². The molecule has 4 nitrogen and oxygen atoms in total. The number of methoxy groups -OCH3 is 1. The van der Waals surface area contributed by atoms with Gasteiger partial charge in [0.15, 0.2) is 0 Å². The molecule has 0 saturated heterocycles. The van der Waals surface area contributed by atoms with Gasteiger partial charge in [0.2, 0.25) is 0 Å². The van der Waals surface area contributed by atoms with Crippen molar-refractivity contribution >= 4 is 11.9 Å². The molecule has 0 amide bonds. The largest absolute Gasteiger partial charge is 0.469 e. The second kappa shape index (κ2) is 10.1. The molecule has 0 spiro atoms. The highest BCUT2D eigenvalue weighted by Crippen LogP contribution is 2.09. The summed E-state index contributed by atoms with van der Waals surface area (Å²) >= 11 is 0. The maximum absolute atomic E-state index is 11.5. The van der Waals surface area contributed by atoms with Crippen LogP contribution in [0.25, 0.3) is 0 Å². The molecule has 0 aromatic rings. The summed E-state index contributed by atoms with van der Waals surface area (Å²) in [4.78, 5) is 22.5. The van der Waals surface area contributed by atoms with Gasteiger partial charge in [-0.05, 0) is 12.8 Å². The number of hydrogen-bond donors (Lipinski definition) is 0. The first-order valence-electron chi connectivity index (χ1n) is 6.40. The molecule has 0 rings (SSSR count). The summed E-state index contributed by atoms with van der Waals surface area (Å²) < 4.78 is 9.76. The Balaban J connectivity index is 3.78. The third kappa shape index (κ3) is 8.72. The average molecular weight is 244 g/mol. The molecule has 1 atom stereocenters. The number of rotatable bonds is 9. The zero-order chi connectivity index (χ0) is 13.1. The highest BCUT2D eigenvalue weighted by atomic mass is 16.6. The quantitative estimate of drug-likeness (QED) is 0.462. The first kappa shape index (κ1) is 15.9. The third-order valence-electron chi connectivity index (χ3n) is 2.61. The van der Waals surface area contributed by atoms with E-state index in [1.165, 1.54) is 7.11 Å². The number of ether oxygens (including phenoxy) is 2. The van der Waals surface area contributed by atoms with Gasteiger partial charge in [0.05, 0.1) is 13.5 Å². The summed E-state index contributed by atoms with van der Waals surface area (Å²) in [5.41, 5.74) is 0. The van der Waals surface area contributed by atoms with Gasteiger partial charge in [0.25, 0.3) is 0 Å². The predicted octanol–water partition coefficient (Wildman–Crippen LogP) is 2.84. The number of carbonyl (C=O) groups excluding carboxylic acids is 2. The molecule has 0 heterocycles. The Bertz CT molecular complexity index is 225. The Labute approximate surface area is 104 Å². The van der Waals surface area contributed by atoms with Crippen LogP contribution in [0.5, 0.6) is 0 Å². The maximum atomic E-state index is 11.5. The summed E-state index contributed by atoms with van der Waals surface area (Å²) in [6.45, 7) is 4.01. The zero-order valence-corrected chi connectivity index (χ0v) is 11.2. The van der Waals surface area contributed by atoms with Crippen LogP contribution in [-0.4, -0.2) is 25.2 Å². The lowest BCUT2D eigenvalue weighted by atomic mass is 10.1. The summed E-state index contributed by atoms with van der Waals surface area (Å²) in [5, 5.41) is 0. The average Bonchev–Trinajstić information content (AvgIpc) is 2.33. The molecule has 0 aliphatic rings. The zero-order valence-electron chi connectivity index (χ0n) is 11.2. The lowest BCUT2D eigenvalue weighted by molar-refractivity contribution is -0.154. The smallest absolute Gasteiger partial charge is 0.309 e. The summed E-state index contributed by atoms with van der Waals surface area (Å²) in [7, 11) is 1.33. The van der Waals surface area contributed by atoms with Crippen LogP contribution in [0.2, 0.25) is 0 Å². The van der Waals surface area contributed by atoms with Gasteiger partial charge in [0.1, 0.15) is 6.10 Å². The summed E-state index contributed by atoms with van der Waals surface area (Å²) in [6.07, 6.45) is 5.09. The molecule has 0 N–H and O–H groups in total. The molecule has 0 aromatic carbocycles. The van der Waals surface area contributed by atoms with Crippen molar-refractivity contribution in [3.8, 4) is 0 Å². The Hall–Kier alpha value is -1.06. The van der Waals surface area contributed by atoms with Crippen molar-refractivity contribution in [2.45, 2.75) is 64.9 Å². The third-order valence-corrected chi connectivity index (χ3v) is 2.61. The summed E-state index contributed by atoms with van der Waals surface area (Å²) in [5.74, 6) is -0.549. The van der Waals surface area contributed by atoms with Crippen LogP contribution in [0.4, 0.5) is 0 Å². The van der Waals surface area contributed by atoms with E-state index >= 15 is 0 Å². The molecule has 4 heteroatoms. The Kier molecular flexibility index (Phi) is 9.49. The SMILES string of the molecule is CCCCCCC(=O)OC(CC)CC(=O)OC. The first-order chi connectivity index (χ1) is 8.13. The van der Waals surface area contributed by atoms with Crippen molar-refractivity contribution in [2.24, 2.45) is 0 Å². The van der Waals surface area contributed by atoms with E-state index in [4.69, 9.17) is 4.74 Å². The molecule has 1 unspecified atom stereocenters. The van der Waals surface area contributed by atoms with Crippen LogP contribution in [-0.2, 0) is 19.1 Å². The molecule has 0 aliphatic carbocycles. The Morgan fingerprint density at radius 3 is 2.29 bits per heavy atom. The molecular formula is C13H24O4. The van der Waals surface area contributed by atoms with E-state index in [2.05, 4.69) is 11.7 Å². The predicted molar refractivity (Wildman–Crippen MR) is 65.6 cm³/mol. The fraction of sp³-hybridized carbons (Fsp3) is 0.846. The van der Waals surface area contributed by atoms with E-state index in [0.29, 0.717) is 12.8 Å². The van der Waals surface area contributed by atoms with Gasteiger partial charge < -0.3 is 9.47 Å².